The molecule has 0 bridgehead atoms. The molecule has 1 aromatic carbocycles. The minimum absolute atomic E-state index is 0.0570. The molecule has 5 aromatic rings. The second-order valence-electron chi connectivity index (χ2n) is 15.5. The van der Waals surface area contributed by atoms with Crippen LogP contribution in [0.2, 0.25) is 5.02 Å². The number of carbonyl (C=O) groups excluding carboxylic acids is 3. The number of pyridine rings is 2. The number of ether oxygens (including phenoxy) is 1. The number of piperidine rings is 1. The summed E-state index contributed by atoms with van der Waals surface area (Å²) in [5, 5.41) is 14.9. The monoisotopic (exact) mass is 810 g/mol. The molecule has 4 aromatic heterocycles. The van der Waals surface area contributed by atoms with Crippen LogP contribution in [-0.2, 0) is 21.4 Å². The highest BCUT2D eigenvalue weighted by Gasteiger charge is 2.32. The predicted octanol–water partition coefficient (Wildman–Crippen LogP) is 3.34. The van der Waals surface area contributed by atoms with E-state index in [0.717, 1.165) is 74.5 Å². The number of rotatable bonds is 11. The van der Waals surface area contributed by atoms with Crippen LogP contribution in [0.3, 0.4) is 0 Å². The molecule has 0 radical (unpaired) electrons. The van der Waals surface area contributed by atoms with Crippen molar-refractivity contribution >= 4 is 74.4 Å². The number of amides is 3. The number of hydrogen-bond acceptors (Lipinski definition) is 13. The van der Waals surface area contributed by atoms with Crippen molar-refractivity contribution < 1.29 is 19.1 Å². The smallest absolute Gasteiger partial charge is 0.294 e. The molecular formula is C40H47ClN12O5. The normalized spacial score (nSPS) is 19.0. The number of hydrogen-bond donors (Lipinski definition) is 3. The third kappa shape index (κ3) is 7.87. The lowest BCUT2D eigenvalue weighted by Gasteiger charge is -2.36. The Balaban J connectivity index is 0.885. The lowest BCUT2D eigenvalue weighted by molar-refractivity contribution is -0.134. The minimum atomic E-state index is -0.421. The van der Waals surface area contributed by atoms with Crippen molar-refractivity contribution in [1.82, 2.24) is 44.8 Å². The van der Waals surface area contributed by atoms with Gasteiger partial charge in [-0.3, -0.25) is 38.6 Å². The van der Waals surface area contributed by atoms with E-state index in [2.05, 4.69) is 58.8 Å². The number of piperazine rings is 1. The zero-order chi connectivity index (χ0) is 40.7. The summed E-state index contributed by atoms with van der Waals surface area (Å²) < 4.78 is 8.97. The van der Waals surface area contributed by atoms with Crippen LogP contribution < -0.4 is 36.0 Å². The second-order valence-corrected chi connectivity index (χ2v) is 15.9. The van der Waals surface area contributed by atoms with Crippen molar-refractivity contribution in [3.05, 3.63) is 63.8 Å². The summed E-state index contributed by atoms with van der Waals surface area (Å²) >= 11 is 6.58. The van der Waals surface area contributed by atoms with Gasteiger partial charge in [0.15, 0.2) is 18.2 Å². The molecule has 3 aliphatic rings. The fourth-order valence-corrected chi connectivity index (χ4v) is 8.33. The fourth-order valence-electron chi connectivity index (χ4n) is 8.19. The number of likely N-dealkylation sites (N-methyl/N-ethyl adjacent to an activating group) is 1. The van der Waals surface area contributed by atoms with Gasteiger partial charge in [0.05, 0.1) is 35.2 Å². The first-order chi connectivity index (χ1) is 27.9. The standard InChI is InChI=1S/C40H47ClN12O5/c1-23(2)53-37-25(16-32(39(53)57)58-22-34(55)42-3)15-26(18-43-37)45-36-30(41)19-44-40(47-36)51-13-11-50(12-14-51)20-24-9-10-52(21-24)27-5-6-28-31(17-27)49(4)48-35(28)29-7-8-33(54)46-38(29)56/h5-6,15-19,23-24,29H,7-14,20-22H2,1-4H3,(H,42,55)(H,44,45,47)(H,46,54,56). The molecule has 3 aliphatic heterocycles. The molecule has 3 N–H and O–H groups in total. The maximum atomic E-state index is 13.2. The van der Waals surface area contributed by atoms with Crippen LogP contribution in [0, 0.1) is 5.92 Å². The van der Waals surface area contributed by atoms with Crippen LogP contribution >= 0.6 is 11.6 Å². The summed E-state index contributed by atoms with van der Waals surface area (Å²) in [6.07, 6.45) is 5.13. The molecule has 58 heavy (non-hydrogen) atoms. The van der Waals surface area contributed by atoms with E-state index in [1.54, 1.807) is 23.0 Å². The van der Waals surface area contributed by atoms with E-state index in [-0.39, 0.29) is 41.7 Å². The average Bonchev–Trinajstić information content (AvgIpc) is 3.81. The first-order valence-electron chi connectivity index (χ1n) is 19.7. The zero-order valence-electron chi connectivity index (χ0n) is 33.0. The lowest BCUT2D eigenvalue weighted by atomic mass is 9.93. The number of imide groups is 1. The van der Waals surface area contributed by atoms with Gasteiger partial charge in [-0.25, -0.2) is 9.97 Å². The van der Waals surface area contributed by atoms with Gasteiger partial charge in [0.1, 0.15) is 10.7 Å². The first-order valence-corrected chi connectivity index (χ1v) is 20.0. The Morgan fingerprint density at radius 2 is 1.83 bits per heavy atom. The second kappa shape index (κ2) is 16.2. The van der Waals surface area contributed by atoms with Crippen LogP contribution in [0.5, 0.6) is 5.75 Å². The summed E-state index contributed by atoms with van der Waals surface area (Å²) in [7, 11) is 3.41. The quantitative estimate of drug-likeness (QED) is 0.165. The average molecular weight is 811 g/mol. The number of fused-ring (bicyclic) bond motifs is 2. The molecule has 304 valence electrons. The number of anilines is 4. The molecule has 0 saturated carbocycles. The van der Waals surface area contributed by atoms with Gasteiger partial charge in [-0.05, 0) is 62.9 Å². The van der Waals surface area contributed by atoms with E-state index in [0.29, 0.717) is 52.3 Å². The summed E-state index contributed by atoms with van der Waals surface area (Å²) in [6, 6.07) is 9.59. The SMILES string of the molecule is CNC(=O)COc1cc2cc(Nc3nc(N4CCN(CC5CCN(c6ccc7c(C8CCC(=O)NC8=O)nn(C)c7c6)C5)CC4)ncc3Cl)cnc2n(C(C)C)c1=O. The van der Waals surface area contributed by atoms with E-state index >= 15 is 0 Å². The van der Waals surface area contributed by atoms with E-state index < -0.39 is 5.92 Å². The lowest BCUT2D eigenvalue weighted by Crippen LogP contribution is -2.48. The minimum Gasteiger partial charge on any atom is -0.478 e. The maximum absolute atomic E-state index is 13.2. The summed E-state index contributed by atoms with van der Waals surface area (Å²) in [4.78, 5) is 70.4. The third-order valence-electron chi connectivity index (χ3n) is 11.2. The molecule has 18 heteroatoms. The number of aromatic nitrogens is 6. The van der Waals surface area contributed by atoms with Gasteiger partial charge in [-0.2, -0.15) is 10.1 Å². The topological polar surface area (TPSA) is 185 Å². The Morgan fingerprint density at radius 1 is 1.02 bits per heavy atom. The van der Waals surface area contributed by atoms with Crippen molar-refractivity contribution in [2.24, 2.45) is 13.0 Å². The Bertz CT molecular complexity index is 2460. The van der Waals surface area contributed by atoms with Crippen LogP contribution in [0.25, 0.3) is 21.9 Å². The third-order valence-corrected chi connectivity index (χ3v) is 11.5. The van der Waals surface area contributed by atoms with E-state index in [9.17, 15) is 19.2 Å². The predicted molar refractivity (Wildman–Crippen MR) is 221 cm³/mol. The highest BCUT2D eigenvalue weighted by molar-refractivity contribution is 6.33. The Labute approximate surface area is 339 Å². The number of benzene rings is 1. The van der Waals surface area contributed by atoms with Crippen LogP contribution in [0.15, 0.2) is 47.5 Å². The number of nitrogens with one attached hydrogen (secondary N) is 3. The van der Waals surface area contributed by atoms with Crippen molar-refractivity contribution in [2.75, 3.05) is 74.6 Å². The molecule has 7 heterocycles. The van der Waals surface area contributed by atoms with Crippen LogP contribution in [-0.4, -0.2) is 111 Å². The molecule has 17 nitrogen and oxygen atoms in total. The van der Waals surface area contributed by atoms with E-state index in [1.807, 2.05) is 31.6 Å². The van der Waals surface area contributed by atoms with Gasteiger partial charge in [0.25, 0.3) is 11.5 Å². The Morgan fingerprint density at radius 3 is 2.59 bits per heavy atom. The van der Waals surface area contributed by atoms with Gasteiger partial charge >= 0.3 is 0 Å². The molecule has 0 spiro atoms. The summed E-state index contributed by atoms with van der Waals surface area (Å²) in [5.74, 6) is 0.337. The van der Waals surface area contributed by atoms with Gasteiger partial charge in [0, 0.05) is 88.8 Å². The largest absolute Gasteiger partial charge is 0.478 e. The van der Waals surface area contributed by atoms with Gasteiger partial charge in [-0.15, -0.1) is 0 Å². The summed E-state index contributed by atoms with van der Waals surface area (Å²) in [6.45, 7) is 9.73. The van der Waals surface area contributed by atoms with Crippen molar-refractivity contribution in [3.63, 3.8) is 0 Å². The van der Waals surface area contributed by atoms with Crippen molar-refractivity contribution in [3.8, 4) is 5.75 Å². The zero-order valence-corrected chi connectivity index (χ0v) is 33.8. The van der Waals surface area contributed by atoms with Crippen LogP contribution in [0.4, 0.5) is 23.1 Å². The Hall–Kier alpha value is -5.81. The maximum Gasteiger partial charge on any atom is 0.294 e. The fraction of sp³-hybridized carbons (Fsp3) is 0.450. The van der Waals surface area contributed by atoms with E-state index in [1.165, 1.54) is 7.05 Å². The molecule has 3 saturated heterocycles. The molecule has 0 aliphatic carbocycles. The van der Waals surface area contributed by atoms with Crippen molar-refractivity contribution in [1.29, 1.82) is 0 Å². The molecule has 8 rings (SSSR count). The highest BCUT2D eigenvalue weighted by Crippen LogP contribution is 2.34. The molecular weight excluding hydrogens is 764 g/mol. The van der Waals surface area contributed by atoms with E-state index in [4.69, 9.17) is 26.4 Å². The van der Waals surface area contributed by atoms with Crippen molar-refractivity contribution in [2.45, 2.75) is 45.1 Å². The number of aryl methyl sites for hydroxylation is 1. The molecule has 3 fully saturated rings. The number of halogens is 1. The van der Waals surface area contributed by atoms with Gasteiger partial charge in [0.2, 0.25) is 17.8 Å². The molecule has 2 unspecified atom stereocenters. The first kappa shape index (κ1) is 39.0. The summed E-state index contributed by atoms with van der Waals surface area (Å²) in [5.41, 5.74) is 3.59. The van der Waals surface area contributed by atoms with Crippen LogP contribution in [0.1, 0.15) is 50.8 Å². The molecule has 2 atom stereocenters. The Kier molecular flexibility index (Phi) is 10.9. The van der Waals surface area contributed by atoms with Gasteiger partial charge in [-0.1, -0.05) is 11.6 Å². The van der Waals surface area contributed by atoms with Gasteiger partial charge < -0.3 is 25.2 Å². The highest BCUT2D eigenvalue weighted by atomic mass is 35.5. The number of carbonyl (C=O) groups is 3. The molecule has 3 amide bonds. The number of nitrogens with zero attached hydrogens (tertiary/aromatic N) is 9.